The first-order valence-corrected chi connectivity index (χ1v) is 8.11. The summed E-state index contributed by atoms with van der Waals surface area (Å²) in [5.74, 6) is -0.282. The normalized spacial score (nSPS) is 12.5. The lowest BCUT2D eigenvalue weighted by Gasteiger charge is -2.05. The minimum atomic E-state index is -3.78. The maximum absolute atomic E-state index is 11.6. The van der Waals surface area contributed by atoms with Crippen LogP contribution in [0.25, 0.3) is 0 Å². The van der Waals surface area contributed by atoms with Crippen LogP contribution in [0.15, 0.2) is 28.0 Å². The molecule has 0 unspecified atom stereocenters. The van der Waals surface area contributed by atoms with Gasteiger partial charge in [-0.05, 0) is 6.07 Å². The number of aromatic nitrogens is 1. The molecule has 0 bridgehead atoms. The van der Waals surface area contributed by atoms with Crippen molar-refractivity contribution in [2.75, 3.05) is 18.6 Å². The largest absolute Gasteiger partial charge is 0.328 e. The molecule has 0 amide bonds. The monoisotopic (exact) mass is 280 g/mol. The SMILES string of the molecule is CS(=O)(=O)CCNS(=O)(=O)c1ccc(=O)[nH]c1. The van der Waals surface area contributed by atoms with Crippen LogP contribution >= 0.6 is 0 Å². The van der Waals surface area contributed by atoms with Gasteiger partial charge < -0.3 is 4.98 Å². The lowest BCUT2D eigenvalue weighted by Crippen LogP contribution is -2.29. The highest BCUT2D eigenvalue weighted by Crippen LogP contribution is 2.03. The van der Waals surface area contributed by atoms with Gasteiger partial charge in [-0.3, -0.25) is 4.79 Å². The lowest BCUT2D eigenvalue weighted by molar-refractivity contribution is 0.581. The smallest absolute Gasteiger partial charge is 0.247 e. The molecule has 0 atom stereocenters. The Morgan fingerprint density at radius 2 is 1.88 bits per heavy atom. The first-order valence-electron chi connectivity index (χ1n) is 4.57. The first-order chi connectivity index (χ1) is 7.71. The average Bonchev–Trinajstić information content (AvgIpc) is 2.15. The third kappa shape index (κ3) is 4.67. The fourth-order valence-corrected chi connectivity index (χ4v) is 2.61. The zero-order valence-electron chi connectivity index (χ0n) is 9.00. The van der Waals surface area contributed by atoms with Gasteiger partial charge in [0.05, 0.1) is 10.6 Å². The molecule has 1 aromatic rings. The lowest BCUT2D eigenvalue weighted by atomic mass is 10.5. The van der Waals surface area contributed by atoms with Crippen molar-refractivity contribution in [1.29, 1.82) is 0 Å². The fraction of sp³-hybridized carbons (Fsp3) is 0.375. The minimum Gasteiger partial charge on any atom is -0.328 e. The number of rotatable bonds is 5. The second-order valence-corrected chi connectivity index (χ2v) is 7.44. The predicted octanol–water partition coefficient (Wildman–Crippen LogP) is -1.30. The van der Waals surface area contributed by atoms with Gasteiger partial charge in [0, 0.05) is 25.1 Å². The summed E-state index contributed by atoms with van der Waals surface area (Å²) >= 11 is 0. The fourth-order valence-electron chi connectivity index (χ4n) is 1.01. The van der Waals surface area contributed by atoms with E-state index in [-0.39, 0.29) is 17.2 Å². The van der Waals surface area contributed by atoms with Gasteiger partial charge in [0.1, 0.15) is 9.84 Å². The highest BCUT2D eigenvalue weighted by Gasteiger charge is 2.14. The molecule has 1 heterocycles. The number of hydrogen-bond acceptors (Lipinski definition) is 5. The molecule has 7 nitrogen and oxygen atoms in total. The first kappa shape index (κ1) is 13.9. The van der Waals surface area contributed by atoms with E-state index in [2.05, 4.69) is 9.71 Å². The number of pyridine rings is 1. The zero-order chi connectivity index (χ0) is 13.1. The van der Waals surface area contributed by atoms with Gasteiger partial charge in [-0.1, -0.05) is 0 Å². The van der Waals surface area contributed by atoms with Crippen LogP contribution in [0.5, 0.6) is 0 Å². The van der Waals surface area contributed by atoms with Crippen LogP contribution in [0, 0.1) is 0 Å². The molecule has 0 aliphatic heterocycles. The van der Waals surface area contributed by atoms with Gasteiger partial charge in [-0.15, -0.1) is 0 Å². The molecule has 1 rings (SSSR count). The summed E-state index contributed by atoms with van der Waals surface area (Å²) in [5, 5.41) is 0. The summed E-state index contributed by atoms with van der Waals surface area (Å²) in [5.41, 5.74) is -0.417. The van der Waals surface area contributed by atoms with Gasteiger partial charge in [0.25, 0.3) is 0 Å². The summed E-state index contributed by atoms with van der Waals surface area (Å²) < 4.78 is 47.0. The maximum Gasteiger partial charge on any atom is 0.247 e. The molecule has 0 aromatic carbocycles. The van der Waals surface area contributed by atoms with Gasteiger partial charge >= 0.3 is 0 Å². The Hall–Kier alpha value is -1.19. The van der Waals surface area contributed by atoms with E-state index in [9.17, 15) is 21.6 Å². The van der Waals surface area contributed by atoms with Crippen LogP contribution in [0.2, 0.25) is 0 Å². The van der Waals surface area contributed by atoms with E-state index in [1.54, 1.807) is 0 Å². The molecular weight excluding hydrogens is 268 g/mol. The Morgan fingerprint density at radius 3 is 2.35 bits per heavy atom. The van der Waals surface area contributed by atoms with Crippen LogP contribution < -0.4 is 10.3 Å². The Kier molecular flexibility index (Phi) is 4.07. The quantitative estimate of drug-likeness (QED) is 0.696. The predicted molar refractivity (Wildman–Crippen MR) is 62.0 cm³/mol. The molecule has 2 N–H and O–H groups in total. The molecule has 96 valence electrons. The van der Waals surface area contributed by atoms with Crippen molar-refractivity contribution in [2.45, 2.75) is 4.90 Å². The molecule has 0 aliphatic carbocycles. The molecule has 0 spiro atoms. The van der Waals surface area contributed by atoms with E-state index in [0.717, 1.165) is 24.6 Å². The van der Waals surface area contributed by atoms with E-state index in [1.165, 1.54) is 0 Å². The van der Waals surface area contributed by atoms with E-state index in [0.29, 0.717) is 0 Å². The number of aromatic amines is 1. The third-order valence-electron chi connectivity index (χ3n) is 1.83. The third-order valence-corrected chi connectivity index (χ3v) is 4.24. The number of nitrogens with one attached hydrogen (secondary N) is 2. The van der Waals surface area contributed by atoms with Crippen molar-refractivity contribution >= 4 is 19.9 Å². The van der Waals surface area contributed by atoms with Gasteiger partial charge in [0.15, 0.2) is 0 Å². The zero-order valence-corrected chi connectivity index (χ0v) is 10.6. The van der Waals surface area contributed by atoms with E-state index >= 15 is 0 Å². The highest BCUT2D eigenvalue weighted by molar-refractivity contribution is 7.91. The molecule has 0 radical (unpaired) electrons. The van der Waals surface area contributed by atoms with Crippen LogP contribution in [0.3, 0.4) is 0 Å². The van der Waals surface area contributed by atoms with Gasteiger partial charge in [-0.25, -0.2) is 21.6 Å². The average molecular weight is 280 g/mol. The van der Waals surface area contributed by atoms with E-state index in [4.69, 9.17) is 0 Å². The second-order valence-electron chi connectivity index (χ2n) is 3.42. The summed E-state index contributed by atoms with van der Waals surface area (Å²) in [7, 11) is -7.00. The maximum atomic E-state index is 11.6. The van der Waals surface area contributed by atoms with Crippen molar-refractivity contribution in [3.05, 3.63) is 28.7 Å². The van der Waals surface area contributed by atoms with Crippen LogP contribution in [-0.4, -0.2) is 40.4 Å². The topological polar surface area (TPSA) is 113 Å². The summed E-state index contributed by atoms with van der Waals surface area (Å²) in [6.45, 7) is -0.208. The summed E-state index contributed by atoms with van der Waals surface area (Å²) in [4.78, 5) is 12.8. The molecule has 0 aliphatic rings. The second kappa shape index (κ2) is 4.98. The molecule has 0 fully saturated rings. The van der Waals surface area contributed by atoms with E-state index in [1.807, 2.05) is 0 Å². The number of H-pyrrole nitrogens is 1. The van der Waals surface area contributed by atoms with E-state index < -0.39 is 25.4 Å². The molecule has 0 saturated carbocycles. The Bertz CT molecular complexity index is 624. The standard InChI is InChI=1S/C8H12N2O5S2/c1-16(12,13)5-4-10-17(14,15)7-2-3-8(11)9-6-7/h2-3,6,10H,4-5H2,1H3,(H,9,11). The number of sulfonamides is 1. The van der Waals surface area contributed by atoms with Crippen LogP contribution in [-0.2, 0) is 19.9 Å². The molecule has 9 heteroatoms. The van der Waals surface area contributed by atoms with Crippen molar-refractivity contribution < 1.29 is 16.8 Å². The Labute approximate surface area is 98.8 Å². The molecular formula is C8H12N2O5S2. The Balaban J connectivity index is 2.76. The summed E-state index contributed by atoms with van der Waals surface area (Å²) in [6, 6.07) is 2.22. The van der Waals surface area contributed by atoms with Crippen molar-refractivity contribution in [1.82, 2.24) is 9.71 Å². The van der Waals surface area contributed by atoms with Crippen molar-refractivity contribution in [3.8, 4) is 0 Å². The summed E-state index contributed by atoms with van der Waals surface area (Å²) in [6.07, 6.45) is 2.06. The molecule has 1 aromatic heterocycles. The van der Waals surface area contributed by atoms with Crippen LogP contribution in [0.4, 0.5) is 0 Å². The van der Waals surface area contributed by atoms with Crippen molar-refractivity contribution in [3.63, 3.8) is 0 Å². The van der Waals surface area contributed by atoms with Gasteiger partial charge in [-0.2, -0.15) is 0 Å². The van der Waals surface area contributed by atoms with Gasteiger partial charge in [0.2, 0.25) is 15.6 Å². The Morgan fingerprint density at radius 1 is 1.24 bits per heavy atom. The minimum absolute atomic E-state index is 0.120. The van der Waals surface area contributed by atoms with Crippen molar-refractivity contribution in [2.24, 2.45) is 0 Å². The highest BCUT2D eigenvalue weighted by atomic mass is 32.2. The number of sulfone groups is 1. The molecule has 0 saturated heterocycles. The number of hydrogen-bond donors (Lipinski definition) is 2. The molecule has 17 heavy (non-hydrogen) atoms. The van der Waals surface area contributed by atoms with Crippen LogP contribution in [0.1, 0.15) is 0 Å².